The molecule has 3 rings (SSSR count). The molecule has 0 spiro atoms. The fourth-order valence-electron chi connectivity index (χ4n) is 1.92. The molecule has 1 aliphatic heterocycles. The van der Waals surface area contributed by atoms with Gasteiger partial charge in [0.15, 0.2) is 5.75 Å². The number of carbonyl (C=O) groups excluding carboxylic acids is 1. The molecule has 18 heavy (non-hydrogen) atoms. The molecule has 0 saturated heterocycles. The third kappa shape index (κ3) is 1.77. The number of ether oxygens (including phenoxy) is 1. The Morgan fingerprint density at radius 1 is 1.39 bits per heavy atom. The van der Waals surface area contributed by atoms with E-state index in [0.29, 0.717) is 23.7 Å². The smallest absolute Gasteiger partial charge is 0.238 e. The van der Waals surface area contributed by atoms with Crippen LogP contribution in [0.2, 0.25) is 0 Å². The number of anilines is 2. The van der Waals surface area contributed by atoms with Gasteiger partial charge in [-0.05, 0) is 18.6 Å². The molecule has 92 valence electrons. The Morgan fingerprint density at radius 2 is 2.22 bits per heavy atom. The molecule has 0 aliphatic carbocycles. The molecule has 4 N–H and O–H groups in total. The van der Waals surface area contributed by atoms with Crippen LogP contribution in [0, 0.1) is 6.92 Å². The van der Waals surface area contributed by atoms with Gasteiger partial charge < -0.3 is 15.8 Å². The van der Waals surface area contributed by atoms with Crippen LogP contribution in [0.5, 0.6) is 11.6 Å². The first-order valence-corrected chi connectivity index (χ1v) is 5.54. The van der Waals surface area contributed by atoms with E-state index in [1.54, 1.807) is 18.2 Å². The van der Waals surface area contributed by atoms with E-state index in [0.717, 1.165) is 16.9 Å². The Kier molecular flexibility index (Phi) is 2.22. The van der Waals surface area contributed by atoms with Crippen LogP contribution in [0.3, 0.4) is 0 Å². The number of rotatable bonds is 2. The van der Waals surface area contributed by atoms with E-state index in [4.69, 9.17) is 10.5 Å². The Morgan fingerprint density at radius 3 is 2.94 bits per heavy atom. The summed E-state index contributed by atoms with van der Waals surface area (Å²) in [6, 6.07) is 5.24. The second-order valence-corrected chi connectivity index (χ2v) is 4.26. The summed E-state index contributed by atoms with van der Waals surface area (Å²) < 4.78 is 5.57. The summed E-state index contributed by atoms with van der Waals surface area (Å²) in [5.41, 5.74) is 8.92. The summed E-state index contributed by atoms with van der Waals surface area (Å²) in [7, 11) is 0. The number of benzene rings is 1. The minimum atomic E-state index is -0.0304. The summed E-state index contributed by atoms with van der Waals surface area (Å²) in [5.74, 6) is 0.906. The number of H-pyrrole nitrogens is 1. The number of aromatic nitrogens is 2. The largest absolute Gasteiger partial charge is 0.435 e. The highest BCUT2D eigenvalue weighted by Gasteiger charge is 2.20. The summed E-state index contributed by atoms with van der Waals surface area (Å²) in [6.45, 7) is 1.88. The molecular formula is C12H12N4O2. The van der Waals surface area contributed by atoms with Gasteiger partial charge in [-0.1, -0.05) is 0 Å². The number of aryl methyl sites for hydroxylation is 1. The highest BCUT2D eigenvalue weighted by atomic mass is 16.5. The maximum atomic E-state index is 11.3. The zero-order chi connectivity index (χ0) is 12.7. The number of nitrogens with two attached hydrogens (primary N) is 1. The number of nitrogens with one attached hydrogen (secondary N) is 2. The van der Waals surface area contributed by atoms with Crippen LogP contribution in [0.1, 0.15) is 11.3 Å². The van der Waals surface area contributed by atoms with Crippen LogP contribution < -0.4 is 15.8 Å². The first-order chi connectivity index (χ1) is 8.61. The van der Waals surface area contributed by atoms with Gasteiger partial charge in [-0.2, -0.15) is 0 Å². The van der Waals surface area contributed by atoms with Gasteiger partial charge in [-0.25, -0.2) is 0 Å². The normalized spacial score (nSPS) is 13.3. The van der Waals surface area contributed by atoms with Gasteiger partial charge in [0, 0.05) is 23.5 Å². The Bertz CT molecular complexity index is 633. The molecule has 1 amide bonds. The molecule has 1 aliphatic rings. The third-order valence-electron chi connectivity index (χ3n) is 2.76. The first-order valence-electron chi connectivity index (χ1n) is 5.54. The Balaban J connectivity index is 1.93. The molecule has 0 saturated carbocycles. The molecule has 2 aromatic rings. The SMILES string of the molecule is Cc1cc(Oc2cc3c(cc2N)CC(=O)N3)n[nH]1. The van der Waals surface area contributed by atoms with Crippen LogP contribution in [0.4, 0.5) is 11.4 Å². The lowest BCUT2D eigenvalue weighted by Gasteiger charge is -2.08. The van der Waals surface area contributed by atoms with E-state index in [2.05, 4.69) is 15.5 Å². The molecule has 6 heteroatoms. The van der Waals surface area contributed by atoms with Crippen molar-refractivity contribution in [1.29, 1.82) is 0 Å². The average molecular weight is 244 g/mol. The molecule has 0 atom stereocenters. The monoisotopic (exact) mass is 244 g/mol. The van der Waals surface area contributed by atoms with E-state index in [-0.39, 0.29) is 5.91 Å². The fraction of sp³-hybridized carbons (Fsp3) is 0.167. The molecule has 6 nitrogen and oxygen atoms in total. The minimum absolute atomic E-state index is 0.0304. The van der Waals surface area contributed by atoms with Crippen molar-refractivity contribution < 1.29 is 9.53 Å². The van der Waals surface area contributed by atoms with Crippen molar-refractivity contribution in [1.82, 2.24) is 10.2 Å². The van der Waals surface area contributed by atoms with E-state index in [1.165, 1.54) is 0 Å². The third-order valence-corrected chi connectivity index (χ3v) is 2.76. The van der Waals surface area contributed by atoms with E-state index >= 15 is 0 Å². The number of aromatic amines is 1. The number of fused-ring (bicyclic) bond motifs is 1. The number of nitrogen functional groups attached to an aromatic ring is 1. The predicted molar refractivity (Wildman–Crippen MR) is 66.6 cm³/mol. The van der Waals surface area contributed by atoms with Crippen molar-refractivity contribution in [2.24, 2.45) is 0 Å². The van der Waals surface area contributed by atoms with Crippen molar-refractivity contribution in [2.45, 2.75) is 13.3 Å². The van der Waals surface area contributed by atoms with Crippen molar-refractivity contribution in [2.75, 3.05) is 11.1 Å². The number of hydrogen-bond acceptors (Lipinski definition) is 4. The quantitative estimate of drug-likeness (QED) is 0.699. The molecule has 2 heterocycles. The highest BCUT2D eigenvalue weighted by Crippen LogP contribution is 2.35. The van der Waals surface area contributed by atoms with Crippen molar-refractivity contribution in [3.8, 4) is 11.6 Å². The van der Waals surface area contributed by atoms with E-state index < -0.39 is 0 Å². The zero-order valence-corrected chi connectivity index (χ0v) is 9.78. The molecule has 1 aromatic heterocycles. The molecule has 0 unspecified atom stereocenters. The Labute approximate surface area is 103 Å². The number of hydrogen-bond donors (Lipinski definition) is 3. The number of carbonyl (C=O) groups is 1. The zero-order valence-electron chi connectivity index (χ0n) is 9.78. The van der Waals surface area contributed by atoms with Gasteiger partial charge in [0.25, 0.3) is 0 Å². The maximum Gasteiger partial charge on any atom is 0.238 e. The second-order valence-electron chi connectivity index (χ2n) is 4.26. The topological polar surface area (TPSA) is 93.0 Å². The molecule has 0 fully saturated rings. The molecular weight excluding hydrogens is 232 g/mol. The van der Waals surface area contributed by atoms with Gasteiger partial charge in [0.1, 0.15) is 0 Å². The van der Waals surface area contributed by atoms with Gasteiger partial charge in [-0.3, -0.25) is 9.89 Å². The van der Waals surface area contributed by atoms with E-state index in [1.807, 2.05) is 6.92 Å². The van der Waals surface area contributed by atoms with Gasteiger partial charge in [-0.15, -0.1) is 5.10 Å². The number of amides is 1. The van der Waals surface area contributed by atoms with Crippen LogP contribution in [0.25, 0.3) is 0 Å². The summed E-state index contributed by atoms with van der Waals surface area (Å²) >= 11 is 0. The lowest BCUT2D eigenvalue weighted by atomic mass is 10.1. The van der Waals surface area contributed by atoms with Gasteiger partial charge >= 0.3 is 0 Å². The van der Waals surface area contributed by atoms with E-state index in [9.17, 15) is 4.79 Å². The van der Waals surface area contributed by atoms with Crippen molar-refractivity contribution in [3.63, 3.8) is 0 Å². The lowest BCUT2D eigenvalue weighted by molar-refractivity contribution is -0.115. The first kappa shape index (κ1) is 10.6. The Hall–Kier alpha value is -2.50. The maximum absolute atomic E-state index is 11.3. The minimum Gasteiger partial charge on any atom is -0.435 e. The molecule has 0 radical (unpaired) electrons. The lowest BCUT2D eigenvalue weighted by Crippen LogP contribution is -2.03. The average Bonchev–Trinajstić information content (AvgIpc) is 2.85. The highest BCUT2D eigenvalue weighted by molar-refractivity contribution is 6.00. The molecule has 0 bridgehead atoms. The summed E-state index contributed by atoms with van der Waals surface area (Å²) in [6.07, 6.45) is 0.362. The number of nitrogens with zero attached hydrogens (tertiary/aromatic N) is 1. The van der Waals surface area contributed by atoms with Crippen LogP contribution in [-0.4, -0.2) is 16.1 Å². The van der Waals surface area contributed by atoms with Crippen LogP contribution in [-0.2, 0) is 11.2 Å². The van der Waals surface area contributed by atoms with Gasteiger partial charge in [0.2, 0.25) is 11.8 Å². The van der Waals surface area contributed by atoms with Crippen LogP contribution >= 0.6 is 0 Å². The summed E-state index contributed by atoms with van der Waals surface area (Å²) in [5, 5.41) is 9.51. The molecule has 1 aromatic carbocycles. The van der Waals surface area contributed by atoms with Crippen LogP contribution in [0.15, 0.2) is 18.2 Å². The van der Waals surface area contributed by atoms with Gasteiger partial charge in [0.05, 0.1) is 12.1 Å². The fourth-order valence-corrected chi connectivity index (χ4v) is 1.92. The predicted octanol–water partition coefficient (Wildman–Crippen LogP) is 1.59. The standard InChI is InChI=1S/C12H12N4O2/c1-6-2-12(16-15-6)18-10-5-9-7(3-8(10)13)4-11(17)14-9/h2-3,5H,4,13H2,1H3,(H,14,17)(H,15,16). The summed E-state index contributed by atoms with van der Waals surface area (Å²) in [4.78, 5) is 11.3. The van der Waals surface area contributed by atoms with Crippen molar-refractivity contribution >= 4 is 17.3 Å². The van der Waals surface area contributed by atoms with Crippen molar-refractivity contribution in [3.05, 3.63) is 29.5 Å². The second kappa shape index (κ2) is 3.76.